The first-order valence-corrected chi connectivity index (χ1v) is 14.1. The van der Waals surface area contributed by atoms with E-state index in [2.05, 4.69) is 41.5 Å². The van der Waals surface area contributed by atoms with Crippen molar-refractivity contribution in [1.82, 2.24) is 25.2 Å². The van der Waals surface area contributed by atoms with Crippen LogP contribution in [-0.2, 0) is 24.7 Å². The number of pyridine rings is 1. The van der Waals surface area contributed by atoms with Crippen molar-refractivity contribution >= 4 is 12.0 Å². The van der Waals surface area contributed by atoms with E-state index < -0.39 is 24.6 Å². The molecule has 2 heterocycles. The Morgan fingerprint density at radius 3 is 2.50 bits per heavy atom. The first-order valence-electron chi connectivity index (χ1n) is 14.1. The second kappa shape index (κ2) is 12.3. The van der Waals surface area contributed by atoms with Crippen LogP contribution in [0.15, 0.2) is 48.5 Å². The molecule has 0 saturated carbocycles. The molecule has 0 bridgehead atoms. The van der Waals surface area contributed by atoms with Crippen LogP contribution in [0, 0.1) is 5.82 Å². The molecule has 2 aromatic heterocycles. The number of rotatable bonds is 9. The summed E-state index contributed by atoms with van der Waals surface area (Å²) in [7, 11) is 1.81. The molecule has 218 valence electrons. The predicted molar refractivity (Wildman–Crippen MR) is 157 cm³/mol. The van der Waals surface area contributed by atoms with E-state index in [1.165, 1.54) is 12.1 Å². The zero-order valence-corrected chi connectivity index (χ0v) is 23.8. The predicted octanol–water partition coefficient (Wildman–Crippen LogP) is 4.96. The summed E-state index contributed by atoms with van der Waals surface area (Å²) in [5, 5.41) is 41.5. The molecule has 0 fully saturated rings. The first-order chi connectivity index (χ1) is 20.1. The number of carboxylic acid groups (broad SMARTS) is 1. The molecule has 9 nitrogen and oxygen atoms in total. The van der Waals surface area contributed by atoms with Crippen LogP contribution in [0.5, 0.6) is 0 Å². The van der Waals surface area contributed by atoms with Gasteiger partial charge in [0.25, 0.3) is 0 Å². The average Bonchev–Trinajstić information content (AvgIpc) is 3.28. The molecule has 0 unspecified atom stereocenters. The minimum absolute atomic E-state index is 0.0135. The molecule has 42 heavy (non-hydrogen) atoms. The van der Waals surface area contributed by atoms with Crippen molar-refractivity contribution < 1.29 is 24.5 Å². The number of aryl methyl sites for hydroxylation is 2. The van der Waals surface area contributed by atoms with Crippen LogP contribution in [0.4, 0.5) is 4.39 Å². The van der Waals surface area contributed by atoms with Gasteiger partial charge in [0, 0.05) is 30.2 Å². The Bertz CT molecular complexity index is 1630. The van der Waals surface area contributed by atoms with Crippen LogP contribution in [0.3, 0.4) is 0 Å². The summed E-state index contributed by atoms with van der Waals surface area (Å²) < 4.78 is 15.7. The maximum Gasteiger partial charge on any atom is 0.305 e. The molecule has 0 saturated heterocycles. The zero-order chi connectivity index (χ0) is 30.0. The number of hydrogen-bond acceptors (Lipinski definition) is 7. The van der Waals surface area contributed by atoms with Crippen molar-refractivity contribution in [3.63, 3.8) is 0 Å². The monoisotopic (exact) mass is 571 g/mol. The van der Waals surface area contributed by atoms with Crippen LogP contribution in [0.1, 0.15) is 61.4 Å². The van der Waals surface area contributed by atoms with E-state index in [0.717, 1.165) is 69.6 Å². The molecule has 0 amide bonds. The molecule has 0 aliphatic heterocycles. The Kier molecular flexibility index (Phi) is 8.56. The standard InChI is InChI=1S/C32H34FN5O4/c1-18(2)30-27(14-12-23(39)16-24(40)17-28(41)42)29(19-7-10-22(33)11-8-19)26-6-4-5-20-15-21(32-35-36-37-38(32)3)9-13-25(20)31(26)34-30/h7-15,18,23-24,39-40H,4-6,16-17H2,1-3H3,(H,41,42)/t23-,24-/m1/s1. The fourth-order valence-corrected chi connectivity index (χ4v) is 5.63. The lowest BCUT2D eigenvalue weighted by Gasteiger charge is -2.22. The fraction of sp³-hybridized carbons (Fsp3) is 0.344. The maximum atomic E-state index is 14.0. The number of aromatic nitrogens is 5. The highest BCUT2D eigenvalue weighted by molar-refractivity contribution is 5.86. The molecule has 2 aromatic carbocycles. The number of carboxylic acids is 1. The van der Waals surface area contributed by atoms with Gasteiger partial charge < -0.3 is 15.3 Å². The molecular weight excluding hydrogens is 537 g/mol. The number of nitrogens with zero attached hydrogens (tertiary/aromatic N) is 5. The van der Waals surface area contributed by atoms with Gasteiger partial charge >= 0.3 is 5.97 Å². The molecular formula is C32H34FN5O4. The maximum absolute atomic E-state index is 14.0. The molecule has 4 aromatic rings. The van der Waals surface area contributed by atoms with Crippen molar-refractivity contribution in [3.05, 3.63) is 76.7 Å². The minimum atomic E-state index is -1.17. The van der Waals surface area contributed by atoms with E-state index in [1.807, 2.05) is 6.07 Å². The normalized spacial score (nSPS) is 14.5. The van der Waals surface area contributed by atoms with Gasteiger partial charge in [-0.2, -0.15) is 0 Å². The van der Waals surface area contributed by atoms with Crippen LogP contribution in [0.25, 0.3) is 39.8 Å². The number of aliphatic carboxylic acids is 1. The number of fused-ring (bicyclic) bond motifs is 3. The largest absolute Gasteiger partial charge is 0.481 e. The van der Waals surface area contributed by atoms with E-state index in [9.17, 15) is 19.4 Å². The van der Waals surface area contributed by atoms with Gasteiger partial charge in [-0.25, -0.2) is 9.07 Å². The van der Waals surface area contributed by atoms with Gasteiger partial charge in [0.05, 0.1) is 30.0 Å². The number of aliphatic hydroxyl groups excluding tert-OH is 2. The lowest BCUT2D eigenvalue weighted by atomic mass is 9.86. The van der Waals surface area contributed by atoms with Gasteiger partial charge in [-0.15, -0.1) is 5.10 Å². The van der Waals surface area contributed by atoms with Crippen molar-refractivity contribution in [3.8, 4) is 33.8 Å². The third-order valence-electron chi connectivity index (χ3n) is 7.57. The van der Waals surface area contributed by atoms with Gasteiger partial charge in [-0.05, 0) is 76.1 Å². The quantitative estimate of drug-likeness (QED) is 0.257. The van der Waals surface area contributed by atoms with Gasteiger partial charge in [0.2, 0.25) is 0 Å². The number of hydrogen-bond donors (Lipinski definition) is 3. The Morgan fingerprint density at radius 1 is 1.10 bits per heavy atom. The molecule has 2 atom stereocenters. The zero-order valence-electron chi connectivity index (χ0n) is 23.8. The van der Waals surface area contributed by atoms with E-state index in [-0.39, 0.29) is 18.2 Å². The highest BCUT2D eigenvalue weighted by atomic mass is 19.1. The molecule has 1 aliphatic rings. The highest BCUT2D eigenvalue weighted by Gasteiger charge is 2.26. The third kappa shape index (κ3) is 6.14. The minimum Gasteiger partial charge on any atom is -0.481 e. The van der Waals surface area contributed by atoms with Crippen LogP contribution < -0.4 is 0 Å². The smallest absolute Gasteiger partial charge is 0.305 e. The summed E-state index contributed by atoms with van der Waals surface area (Å²) in [4.78, 5) is 16.2. The number of carbonyl (C=O) groups is 1. The molecule has 0 radical (unpaired) electrons. The topological polar surface area (TPSA) is 134 Å². The number of tetrazole rings is 1. The van der Waals surface area contributed by atoms with Gasteiger partial charge in [-0.1, -0.05) is 50.3 Å². The summed E-state index contributed by atoms with van der Waals surface area (Å²) in [5.74, 6) is -0.772. The Balaban J connectivity index is 1.67. The van der Waals surface area contributed by atoms with Crippen LogP contribution >= 0.6 is 0 Å². The van der Waals surface area contributed by atoms with E-state index in [1.54, 1.807) is 36.0 Å². The Labute approximate surface area is 243 Å². The lowest BCUT2D eigenvalue weighted by molar-refractivity contribution is -0.139. The lowest BCUT2D eigenvalue weighted by Crippen LogP contribution is -2.19. The van der Waals surface area contributed by atoms with E-state index in [0.29, 0.717) is 5.82 Å². The number of halogens is 1. The highest BCUT2D eigenvalue weighted by Crippen LogP contribution is 2.42. The number of aliphatic hydroxyl groups is 2. The van der Waals surface area contributed by atoms with Crippen LogP contribution in [-0.4, -0.2) is 58.7 Å². The van der Waals surface area contributed by atoms with Crippen molar-refractivity contribution in [2.75, 3.05) is 0 Å². The van der Waals surface area contributed by atoms with Gasteiger partial charge in [-0.3, -0.25) is 9.78 Å². The summed E-state index contributed by atoms with van der Waals surface area (Å²) in [5.41, 5.74) is 8.40. The van der Waals surface area contributed by atoms with Gasteiger partial charge in [0.15, 0.2) is 5.82 Å². The number of benzene rings is 2. The second-order valence-electron chi connectivity index (χ2n) is 11.0. The molecule has 10 heteroatoms. The van der Waals surface area contributed by atoms with E-state index >= 15 is 0 Å². The summed E-state index contributed by atoms with van der Waals surface area (Å²) in [6.45, 7) is 4.10. The van der Waals surface area contributed by atoms with E-state index in [4.69, 9.17) is 10.1 Å². The summed E-state index contributed by atoms with van der Waals surface area (Å²) >= 11 is 0. The van der Waals surface area contributed by atoms with Gasteiger partial charge in [0.1, 0.15) is 5.82 Å². The Morgan fingerprint density at radius 2 is 1.83 bits per heavy atom. The summed E-state index contributed by atoms with van der Waals surface area (Å²) in [6, 6.07) is 12.6. The van der Waals surface area contributed by atoms with Crippen molar-refractivity contribution in [1.29, 1.82) is 0 Å². The fourth-order valence-electron chi connectivity index (χ4n) is 5.63. The first kappa shape index (κ1) is 29.2. The van der Waals surface area contributed by atoms with Crippen molar-refractivity contribution in [2.24, 2.45) is 7.05 Å². The molecule has 0 spiro atoms. The third-order valence-corrected chi connectivity index (χ3v) is 7.57. The Hall–Kier alpha value is -4.28. The molecule has 5 rings (SSSR count). The SMILES string of the molecule is CC(C)c1nc2c(c(-c3ccc(F)cc3)c1C=C[C@@H](O)C[C@@H](O)CC(=O)O)CCCc1cc(-c3nnnn3C)ccc1-2. The second-order valence-corrected chi connectivity index (χ2v) is 11.0. The summed E-state index contributed by atoms with van der Waals surface area (Å²) in [6.07, 6.45) is 3.01. The van der Waals surface area contributed by atoms with Crippen LogP contribution in [0.2, 0.25) is 0 Å². The van der Waals surface area contributed by atoms with Crippen molar-refractivity contribution in [2.45, 2.75) is 64.1 Å². The molecule has 1 aliphatic carbocycles. The molecule has 3 N–H and O–H groups in total. The average molecular weight is 572 g/mol.